The number of nitro groups is 1. The van der Waals surface area contributed by atoms with Crippen LogP contribution in [0.5, 0.6) is 0 Å². The van der Waals surface area contributed by atoms with Crippen molar-refractivity contribution in [3.05, 3.63) is 32.0 Å². The van der Waals surface area contributed by atoms with Crippen molar-refractivity contribution < 1.29 is 23.2 Å². The zero-order chi connectivity index (χ0) is 14.6. The highest BCUT2D eigenvalue weighted by Gasteiger charge is 2.24. The molecule has 19 heavy (non-hydrogen) atoms. The Bertz CT molecular complexity index is 511. The molecule has 0 aliphatic carbocycles. The Balaban J connectivity index is 3.19. The Kier molecular flexibility index (Phi) is 5.28. The number of hydrogen-bond acceptors (Lipinski definition) is 5. The summed E-state index contributed by atoms with van der Waals surface area (Å²) in [5.41, 5.74) is -1.48. The van der Waals surface area contributed by atoms with E-state index in [1.807, 2.05) is 0 Å². The molecule has 1 aromatic rings. The van der Waals surface area contributed by atoms with Crippen molar-refractivity contribution in [1.29, 1.82) is 0 Å². The predicted octanol–water partition coefficient (Wildman–Crippen LogP) is 2.80. The summed E-state index contributed by atoms with van der Waals surface area (Å²) in [7, 11) is 0. The molecule has 6 nitrogen and oxygen atoms in total. The Morgan fingerprint density at radius 2 is 2.26 bits per heavy atom. The normalized spacial score (nSPS) is 10.6. The first-order valence-electron chi connectivity index (χ1n) is 5.14. The van der Waals surface area contributed by atoms with Crippen LogP contribution in [0.2, 0.25) is 0 Å². The van der Waals surface area contributed by atoms with Crippen molar-refractivity contribution in [1.82, 2.24) is 4.98 Å². The third-order valence-corrected chi connectivity index (χ3v) is 2.70. The van der Waals surface area contributed by atoms with Crippen molar-refractivity contribution in [2.24, 2.45) is 0 Å². The van der Waals surface area contributed by atoms with Gasteiger partial charge < -0.3 is 4.74 Å². The fourth-order valence-corrected chi connectivity index (χ4v) is 1.81. The molecule has 0 radical (unpaired) electrons. The average Bonchev–Trinajstić information content (AvgIpc) is 2.28. The van der Waals surface area contributed by atoms with Crippen LogP contribution < -0.4 is 0 Å². The molecule has 1 aromatic heterocycles. The standard InChI is InChI=1S/C10H9BrF2N2O4/c1-2-19-8(16)4-6-5(10(12)13)3-7(15(17)18)9(11)14-6/h3,10H,2,4H2,1H3. The summed E-state index contributed by atoms with van der Waals surface area (Å²) in [5, 5.41) is 10.6. The van der Waals surface area contributed by atoms with Crippen molar-refractivity contribution in [3.63, 3.8) is 0 Å². The average molecular weight is 339 g/mol. The van der Waals surface area contributed by atoms with E-state index < -0.39 is 35.0 Å². The van der Waals surface area contributed by atoms with Crippen molar-refractivity contribution in [2.75, 3.05) is 6.61 Å². The lowest BCUT2D eigenvalue weighted by Crippen LogP contribution is -2.12. The number of ether oxygens (including phenoxy) is 1. The first-order chi connectivity index (χ1) is 8.86. The molecule has 0 saturated carbocycles. The SMILES string of the molecule is CCOC(=O)Cc1nc(Br)c([N+](=O)[O-])cc1C(F)F. The zero-order valence-electron chi connectivity index (χ0n) is 9.73. The van der Waals surface area contributed by atoms with Gasteiger partial charge in [0, 0.05) is 11.6 Å². The molecule has 0 atom stereocenters. The third-order valence-electron chi connectivity index (χ3n) is 2.12. The van der Waals surface area contributed by atoms with E-state index >= 15 is 0 Å². The highest BCUT2D eigenvalue weighted by Crippen LogP contribution is 2.31. The Labute approximate surface area is 115 Å². The van der Waals surface area contributed by atoms with Crippen molar-refractivity contribution in [3.8, 4) is 0 Å². The lowest BCUT2D eigenvalue weighted by Gasteiger charge is -2.08. The van der Waals surface area contributed by atoms with Crippen LogP contribution >= 0.6 is 15.9 Å². The number of esters is 1. The van der Waals surface area contributed by atoms with Crippen molar-refractivity contribution >= 4 is 27.6 Å². The van der Waals surface area contributed by atoms with Gasteiger partial charge in [0.2, 0.25) is 0 Å². The Hall–Kier alpha value is -1.64. The molecule has 0 unspecified atom stereocenters. The molecular formula is C10H9BrF2N2O4. The molecule has 9 heteroatoms. The second-order valence-electron chi connectivity index (χ2n) is 3.37. The smallest absolute Gasteiger partial charge is 0.311 e. The van der Waals surface area contributed by atoms with E-state index in [9.17, 15) is 23.7 Å². The summed E-state index contributed by atoms with van der Waals surface area (Å²) in [6, 6.07) is 0.705. The van der Waals surface area contributed by atoms with Crippen LogP contribution in [0.1, 0.15) is 24.6 Å². The highest BCUT2D eigenvalue weighted by atomic mass is 79.9. The van der Waals surface area contributed by atoms with E-state index in [1.165, 1.54) is 0 Å². The van der Waals surface area contributed by atoms with Crippen LogP contribution in [-0.4, -0.2) is 22.5 Å². The molecule has 0 aliphatic rings. The van der Waals surface area contributed by atoms with Crippen LogP contribution in [0, 0.1) is 10.1 Å². The van der Waals surface area contributed by atoms with Gasteiger partial charge in [-0.1, -0.05) is 0 Å². The van der Waals surface area contributed by atoms with Gasteiger partial charge in [-0.3, -0.25) is 14.9 Å². The van der Waals surface area contributed by atoms with E-state index in [2.05, 4.69) is 25.7 Å². The number of aromatic nitrogens is 1. The van der Waals surface area contributed by atoms with Crippen LogP contribution in [0.4, 0.5) is 14.5 Å². The van der Waals surface area contributed by atoms with Gasteiger partial charge >= 0.3 is 11.7 Å². The number of halogens is 3. The molecule has 104 valence electrons. The summed E-state index contributed by atoms with van der Waals surface area (Å²) in [6.45, 7) is 1.68. The topological polar surface area (TPSA) is 82.3 Å². The minimum atomic E-state index is -2.97. The molecule has 0 fully saturated rings. The first kappa shape index (κ1) is 15.4. The van der Waals surface area contributed by atoms with Crippen LogP contribution in [0.25, 0.3) is 0 Å². The van der Waals surface area contributed by atoms with E-state index in [0.29, 0.717) is 6.07 Å². The molecular weight excluding hydrogens is 330 g/mol. The minimum Gasteiger partial charge on any atom is -0.466 e. The zero-order valence-corrected chi connectivity index (χ0v) is 11.3. The van der Waals surface area contributed by atoms with Gasteiger partial charge in [0.1, 0.15) is 0 Å². The molecule has 1 rings (SSSR count). The maximum absolute atomic E-state index is 12.8. The number of nitrogens with zero attached hydrogens (tertiary/aromatic N) is 2. The van der Waals surface area contributed by atoms with E-state index in [1.54, 1.807) is 6.92 Å². The second-order valence-corrected chi connectivity index (χ2v) is 4.12. The third kappa shape index (κ3) is 3.91. The van der Waals surface area contributed by atoms with Crippen molar-refractivity contribution in [2.45, 2.75) is 19.8 Å². The quantitative estimate of drug-likeness (QED) is 0.357. The van der Waals surface area contributed by atoms with E-state index in [4.69, 9.17) is 0 Å². The lowest BCUT2D eigenvalue weighted by atomic mass is 10.1. The number of hydrogen-bond donors (Lipinski definition) is 0. The first-order valence-corrected chi connectivity index (χ1v) is 5.93. The molecule has 0 amide bonds. The summed E-state index contributed by atoms with van der Waals surface area (Å²) in [5.74, 6) is -0.724. The van der Waals surface area contributed by atoms with Gasteiger partial charge in [0.25, 0.3) is 6.43 Å². The fraction of sp³-hybridized carbons (Fsp3) is 0.400. The van der Waals surface area contributed by atoms with Gasteiger partial charge in [-0.2, -0.15) is 0 Å². The van der Waals surface area contributed by atoms with E-state index in [-0.39, 0.29) is 16.9 Å². The molecule has 0 saturated heterocycles. The largest absolute Gasteiger partial charge is 0.466 e. The molecule has 1 heterocycles. The maximum atomic E-state index is 12.8. The van der Waals surface area contributed by atoms with Gasteiger partial charge in [-0.15, -0.1) is 0 Å². The number of carbonyl (C=O) groups is 1. The Morgan fingerprint density at radius 3 is 2.74 bits per heavy atom. The highest BCUT2D eigenvalue weighted by molar-refractivity contribution is 9.10. The molecule has 0 aliphatic heterocycles. The van der Waals surface area contributed by atoms with Gasteiger partial charge in [0.15, 0.2) is 4.60 Å². The van der Waals surface area contributed by atoms with Gasteiger partial charge in [0.05, 0.1) is 23.6 Å². The lowest BCUT2D eigenvalue weighted by molar-refractivity contribution is -0.386. The molecule has 0 bridgehead atoms. The predicted molar refractivity (Wildman–Crippen MR) is 63.9 cm³/mol. The minimum absolute atomic E-state index is 0.108. The summed E-state index contributed by atoms with van der Waals surface area (Å²) in [6.07, 6.45) is -3.44. The molecule has 0 aromatic carbocycles. The number of alkyl halides is 2. The monoisotopic (exact) mass is 338 g/mol. The fourth-order valence-electron chi connectivity index (χ4n) is 1.34. The van der Waals surface area contributed by atoms with Crippen LogP contribution in [0.3, 0.4) is 0 Å². The van der Waals surface area contributed by atoms with Crippen LogP contribution in [0.15, 0.2) is 10.7 Å². The molecule has 0 spiro atoms. The Morgan fingerprint density at radius 1 is 1.63 bits per heavy atom. The number of pyridine rings is 1. The summed E-state index contributed by atoms with van der Waals surface area (Å²) in [4.78, 5) is 24.7. The second kappa shape index (κ2) is 6.50. The number of rotatable bonds is 5. The van der Waals surface area contributed by atoms with Gasteiger partial charge in [-0.25, -0.2) is 13.8 Å². The van der Waals surface area contributed by atoms with E-state index in [0.717, 1.165) is 0 Å². The summed E-state index contributed by atoms with van der Waals surface area (Å²) >= 11 is 2.81. The molecule has 0 N–H and O–H groups in total. The van der Waals surface area contributed by atoms with Gasteiger partial charge in [-0.05, 0) is 22.9 Å². The van der Waals surface area contributed by atoms with Crippen LogP contribution in [-0.2, 0) is 16.0 Å². The maximum Gasteiger partial charge on any atom is 0.311 e. The summed E-state index contributed by atoms with van der Waals surface area (Å²) < 4.78 is 30.0. The number of carbonyl (C=O) groups excluding carboxylic acids is 1.